The smallest absolute Gasteiger partial charge is 0.410 e. The summed E-state index contributed by atoms with van der Waals surface area (Å²) in [7, 11) is 1.77. The summed E-state index contributed by atoms with van der Waals surface area (Å²) < 4.78 is 5.32. The van der Waals surface area contributed by atoms with Crippen LogP contribution in [-0.2, 0) is 4.74 Å². The SMILES string of the molecule is CN(CCCCN1CC[C@@H](CN)[C@H](O)C1)C(=O)OC(C)(C)C. The molecule has 0 aromatic carbocycles. The fourth-order valence-corrected chi connectivity index (χ4v) is 2.64. The second-order valence-corrected chi connectivity index (χ2v) is 7.26. The summed E-state index contributed by atoms with van der Waals surface area (Å²) in [4.78, 5) is 15.7. The summed E-state index contributed by atoms with van der Waals surface area (Å²) in [5, 5.41) is 9.97. The quantitative estimate of drug-likeness (QED) is 0.722. The van der Waals surface area contributed by atoms with Crippen LogP contribution in [0.3, 0.4) is 0 Å². The molecule has 6 heteroatoms. The standard InChI is InChI=1S/C16H33N3O3/c1-16(2,3)22-15(21)18(4)8-5-6-9-19-10-7-13(11-17)14(20)12-19/h13-14,20H,5-12,17H2,1-4H3/t13-,14+/m0/s1. The number of nitrogens with two attached hydrogens (primary N) is 1. The first-order chi connectivity index (χ1) is 10.2. The molecule has 22 heavy (non-hydrogen) atoms. The molecule has 0 unspecified atom stereocenters. The summed E-state index contributed by atoms with van der Waals surface area (Å²) in [6.45, 7) is 9.53. The molecule has 1 heterocycles. The van der Waals surface area contributed by atoms with Gasteiger partial charge in [-0.3, -0.25) is 0 Å². The van der Waals surface area contributed by atoms with E-state index in [1.165, 1.54) is 0 Å². The molecule has 0 saturated carbocycles. The Kier molecular flexibility index (Phi) is 7.59. The van der Waals surface area contributed by atoms with Gasteiger partial charge in [0, 0.05) is 20.1 Å². The number of hydrogen-bond acceptors (Lipinski definition) is 5. The van der Waals surface area contributed by atoms with Gasteiger partial charge in [-0.05, 0) is 65.6 Å². The minimum absolute atomic E-state index is 0.245. The van der Waals surface area contributed by atoms with Crippen LogP contribution in [0, 0.1) is 5.92 Å². The van der Waals surface area contributed by atoms with E-state index in [1.54, 1.807) is 11.9 Å². The molecule has 0 aromatic heterocycles. The number of unbranched alkanes of at least 4 members (excludes halogenated alkanes) is 1. The van der Waals surface area contributed by atoms with E-state index < -0.39 is 5.60 Å². The number of piperidine rings is 1. The third-order valence-corrected chi connectivity index (χ3v) is 4.03. The van der Waals surface area contributed by atoms with Crippen molar-refractivity contribution in [2.45, 2.75) is 51.7 Å². The van der Waals surface area contributed by atoms with E-state index in [1.807, 2.05) is 20.8 Å². The second-order valence-electron chi connectivity index (χ2n) is 7.26. The average molecular weight is 315 g/mol. The van der Waals surface area contributed by atoms with Crippen LogP contribution < -0.4 is 5.73 Å². The van der Waals surface area contributed by atoms with Gasteiger partial charge in [-0.1, -0.05) is 0 Å². The van der Waals surface area contributed by atoms with E-state index in [0.717, 1.165) is 32.4 Å². The highest BCUT2D eigenvalue weighted by Crippen LogP contribution is 2.17. The van der Waals surface area contributed by atoms with E-state index >= 15 is 0 Å². The first-order valence-corrected chi connectivity index (χ1v) is 8.27. The van der Waals surface area contributed by atoms with Crippen molar-refractivity contribution in [3.63, 3.8) is 0 Å². The molecule has 3 N–H and O–H groups in total. The highest BCUT2D eigenvalue weighted by atomic mass is 16.6. The molecule has 1 aliphatic heterocycles. The lowest BCUT2D eigenvalue weighted by Gasteiger charge is -2.35. The van der Waals surface area contributed by atoms with Gasteiger partial charge in [0.15, 0.2) is 0 Å². The van der Waals surface area contributed by atoms with Crippen molar-refractivity contribution in [2.24, 2.45) is 11.7 Å². The van der Waals surface area contributed by atoms with Gasteiger partial charge in [0.25, 0.3) is 0 Å². The van der Waals surface area contributed by atoms with Gasteiger partial charge >= 0.3 is 6.09 Å². The Morgan fingerprint density at radius 1 is 1.41 bits per heavy atom. The molecule has 0 spiro atoms. The predicted molar refractivity (Wildman–Crippen MR) is 87.7 cm³/mol. The monoisotopic (exact) mass is 315 g/mol. The summed E-state index contributed by atoms with van der Waals surface area (Å²) in [5.74, 6) is 0.245. The third kappa shape index (κ3) is 6.94. The van der Waals surface area contributed by atoms with Gasteiger partial charge in [-0.2, -0.15) is 0 Å². The Balaban J connectivity index is 2.16. The number of ether oxygens (including phenoxy) is 1. The molecule has 0 aliphatic carbocycles. The number of aliphatic hydroxyl groups is 1. The molecule has 1 fully saturated rings. The van der Waals surface area contributed by atoms with Gasteiger partial charge < -0.3 is 25.4 Å². The van der Waals surface area contributed by atoms with Crippen LogP contribution in [0.2, 0.25) is 0 Å². The number of hydrogen-bond donors (Lipinski definition) is 2. The van der Waals surface area contributed by atoms with E-state index in [0.29, 0.717) is 19.6 Å². The molecular weight excluding hydrogens is 282 g/mol. The van der Waals surface area contributed by atoms with Gasteiger partial charge in [-0.25, -0.2) is 4.79 Å². The van der Waals surface area contributed by atoms with Crippen molar-refractivity contribution >= 4 is 6.09 Å². The van der Waals surface area contributed by atoms with Gasteiger partial charge in [0.2, 0.25) is 0 Å². The van der Waals surface area contributed by atoms with Crippen molar-refractivity contribution in [2.75, 3.05) is 39.8 Å². The lowest BCUT2D eigenvalue weighted by Crippen LogP contribution is -2.46. The van der Waals surface area contributed by atoms with Crippen LogP contribution in [0.5, 0.6) is 0 Å². The molecule has 6 nitrogen and oxygen atoms in total. The number of carbonyl (C=O) groups excluding carboxylic acids is 1. The number of β-amino-alcohol motifs (C(OH)–C–C–N with tert-alkyl or cyclic N) is 1. The molecule has 1 rings (SSSR count). The maximum absolute atomic E-state index is 11.8. The number of amides is 1. The zero-order valence-electron chi connectivity index (χ0n) is 14.5. The minimum Gasteiger partial charge on any atom is -0.444 e. The Bertz CT molecular complexity index is 344. The Morgan fingerprint density at radius 3 is 2.64 bits per heavy atom. The molecule has 1 aliphatic rings. The summed E-state index contributed by atoms with van der Waals surface area (Å²) in [6, 6.07) is 0. The number of aliphatic hydroxyl groups excluding tert-OH is 1. The van der Waals surface area contributed by atoms with Crippen LogP contribution in [0.1, 0.15) is 40.0 Å². The van der Waals surface area contributed by atoms with Gasteiger partial charge in [0.1, 0.15) is 5.60 Å². The summed E-state index contributed by atoms with van der Waals surface area (Å²) >= 11 is 0. The highest BCUT2D eigenvalue weighted by Gasteiger charge is 2.26. The Hall–Kier alpha value is -0.850. The van der Waals surface area contributed by atoms with Gasteiger partial charge in [0.05, 0.1) is 6.10 Å². The molecule has 1 amide bonds. The van der Waals surface area contributed by atoms with Crippen molar-refractivity contribution < 1.29 is 14.6 Å². The fraction of sp³-hybridized carbons (Fsp3) is 0.938. The number of carbonyl (C=O) groups is 1. The van der Waals surface area contributed by atoms with E-state index in [2.05, 4.69) is 4.90 Å². The van der Waals surface area contributed by atoms with Crippen LogP contribution >= 0.6 is 0 Å². The largest absolute Gasteiger partial charge is 0.444 e. The van der Waals surface area contributed by atoms with E-state index in [4.69, 9.17) is 10.5 Å². The first kappa shape index (κ1) is 19.2. The average Bonchev–Trinajstić information content (AvgIpc) is 2.41. The summed E-state index contributed by atoms with van der Waals surface area (Å²) in [5.41, 5.74) is 5.19. The Labute approximate surface area is 134 Å². The molecular formula is C16H33N3O3. The molecule has 0 bridgehead atoms. The first-order valence-electron chi connectivity index (χ1n) is 8.27. The van der Waals surface area contributed by atoms with E-state index in [9.17, 15) is 9.90 Å². The zero-order chi connectivity index (χ0) is 16.8. The lowest BCUT2D eigenvalue weighted by atomic mass is 9.94. The minimum atomic E-state index is -0.450. The van der Waals surface area contributed by atoms with Crippen LogP contribution in [0.15, 0.2) is 0 Å². The molecule has 2 atom stereocenters. The van der Waals surface area contributed by atoms with Crippen LogP contribution in [0.25, 0.3) is 0 Å². The fourth-order valence-electron chi connectivity index (χ4n) is 2.64. The second kappa shape index (κ2) is 8.70. The van der Waals surface area contributed by atoms with Crippen LogP contribution in [-0.4, -0.2) is 72.5 Å². The normalized spacial score (nSPS) is 23.4. The predicted octanol–water partition coefficient (Wildman–Crippen LogP) is 1.28. The summed E-state index contributed by atoms with van der Waals surface area (Å²) in [6.07, 6.45) is 2.33. The van der Waals surface area contributed by atoms with Crippen molar-refractivity contribution in [3.05, 3.63) is 0 Å². The maximum atomic E-state index is 11.8. The van der Waals surface area contributed by atoms with Crippen molar-refractivity contribution in [1.82, 2.24) is 9.80 Å². The molecule has 0 radical (unpaired) electrons. The lowest BCUT2D eigenvalue weighted by molar-refractivity contribution is 0.0233. The number of rotatable bonds is 6. The van der Waals surface area contributed by atoms with E-state index in [-0.39, 0.29) is 18.1 Å². The van der Waals surface area contributed by atoms with Crippen molar-refractivity contribution in [1.29, 1.82) is 0 Å². The molecule has 1 saturated heterocycles. The third-order valence-electron chi connectivity index (χ3n) is 4.03. The number of likely N-dealkylation sites (tertiary alicyclic amines) is 1. The Morgan fingerprint density at radius 2 is 2.09 bits per heavy atom. The maximum Gasteiger partial charge on any atom is 0.410 e. The molecule has 130 valence electrons. The number of nitrogens with zero attached hydrogens (tertiary/aromatic N) is 2. The van der Waals surface area contributed by atoms with Crippen molar-refractivity contribution in [3.8, 4) is 0 Å². The highest BCUT2D eigenvalue weighted by molar-refractivity contribution is 5.67. The topological polar surface area (TPSA) is 79.0 Å². The zero-order valence-corrected chi connectivity index (χ0v) is 14.5. The van der Waals surface area contributed by atoms with Crippen LogP contribution in [0.4, 0.5) is 4.79 Å². The molecule has 0 aromatic rings. The van der Waals surface area contributed by atoms with Gasteiger partial charge in [-0.15, -0.1) is 0 Å².